The Bertz CT molecular complexity index is 691. The Morgan fingerprint density at radius 3 is 2.39 bits per heavy atom. The molecule has 0 radical (unpaired) electrons. The number of hydrogen-bond donors (Lipinski definition) is 0. The lowest BCUT2D eigenvalue weighted by molar-refractivity contribution is -0.160. The van der Waals surface area contributed by atoms with Gasteiger partial charge < -0.3 is 4.74 Å². The van der Waals surface area contributed by atoms with Gasteiger partial charge in [-0.25, -0.2) is 0 Å². The maximum absolute atomic E-state index is 11.5. The molecular formula is C29H48O2. The van der Waals surface area contributed by atoms with Crippen LogP contribution in [0.4, 0.5) is 0 Å². The van der Waals surface area contributed by atoms with Crippen LogP contribution in [0.15, 0.2) is 11.6 Å². The quantitative estimate of drug-likeness (QED) is 0.328. The molecule has 4 aliphatic rings. The fourth-order valence-corrected chi connectivity index (χ4v) is 9.37. The molecule has 4 rings (SSSR count). The van der Waals surface area contributed by atoms with Crippen molar-refractivity contribution in [1.82, 2.24) is 0 Å². The standard InChI is InChI=1S/C29H48O2/c1-19(2)8-7-9-20(3)25-12-13-26-24-11-10-22-18-23(31-21(4)30)14-16-28(22,5)27(24)15-17-29(25,26)6/h8,20,22-27H,7,9-18H2,1-6H3/t20-,22-,23-,24+,25-,26+,27+,28+,29-/m1/s1. The van der Waals surface area contributed by atoms with Crippen LogP contribution in [0.3, 0.4) is 0 Å². The molecule has 0 heterocycles. The second kappa shape index (κ2) is 8.86. The first-order valence-electron chi connectivity index (χ1n) is 13.5. The van der Waals surface area contributed by atoms with Crippen LogP contribution < -0.4 is 0 Å². The SMILES string of the molecule is CC(=O)O[C@@H]1CC[C@@]2(C)[C@H](CC[C@@H]3[C@@H]2CC[C@]2(C)[C@@H]([C@H](C)CCC=C(C)C)CC[C@@H]32)C1. The van der Waals surface area contributed by atoms with Crippen molar-refractivity contribution < 1.29 is 9.53 Å². The van der Waals surface area contributed by atoms with E-state index in [1.54, 1.807) is 6.92 Å². The second-order valence-electron chi connectivity index (χ2n) is 12.7. The third kappa shape index (κ3) is 4.26. The summed E-state index contributed by atoms with van der Waals surface area (Å²) in [7, 11) is 0. The predicted molar refractivity (Wildman–Crippen MR) is 129 cm³/mol. The average Bonchev–Trinajstić information content (AvgIpc) is 3.05. The van der Waals surface area contributed by atoms with Gasteiger partial charge in [0.25, 0.3) is 0 Å². The summed E-state index contributed by atoms with van der Waals surface area (Å²) in [4.78, 5) is 11.5. The summed E-state index contributed by atoms with van der Waals surface area (Å²) < 4.78 is 5.65. The van der Waals surface area contributed by atoms with E-state index >= 15 is 0 Å². The van der Waals surface area contributed by atoms with Crippen molar-refractivity contribution >= 4 is 5.97 Å². The largest absolute Gasteiger partial charge is 0.463 e. The summed E-state index contributed by atoms with van der Waals surface area (Å²) in [5.41, 5.74) is 2.52. The van der Waals surface area contributed by atoms with Crippen molar-refractivity contribution in [3.8, 4) is 0 Å². The predicted octanol–water partition coefficient (Wildman–Crippen LogP) is 7.96. The van der Waals surface area contributed by atoms with E-state index in [2.05, 4.69) is 40.7 Å². The van der Waals surface area contributed by atoms with Crippen molar-refractivity contribution in [2.75, 3.05) is 0 Å². The molecule has 2 heteroatoms. The molecule has 0 aliphatic heterocycles. The van der Waals surface area contributed by atoms with Crippen LogP contribution in [0.5, 0.6) is 0 Å². The fourth-order valence-electron chi connectivity index (χ4n) is 9.37. The van der Waals surface area contributed by atoms with Crippen LogP contribution in [-0.4, -0.2) is 12.1 Å². The topological polar surface area (TPSA) is 26.3 Å². The molecule has 4 saturated carbocycles. The van der Waals surface area contributed by atoms with Crippen molar-refractivity contribution in [3.63, 3.8) is 0 Å². The Labute approximate surface area is 192 Å². The summed E-state index contributed by atoms with van der Waals surface area (Å²) in [5, 5.41) is 0. The van der Waals surface area contributed by atoms with Gasteiger partial charge in [0.1, 0.15) is 6.10 Å². The molecule has 0 aromatic heterocycles. The summed E-state index contributed by atoms with van der Waals surface area (Å²) in [6.07, 6.45) is 17.3. The Morgan fingerprint density at radius 2 is 1.68 bits per heavy atom. The van der Waals surface area contributed by atoms with Gasteiger partial charge in [0.05, 0.1) is 0 Å². The molecule has 0 saturated heterocycles. The Kier molecular flexibility index (Phi) is 6.68. The molecular weight excluding hydrogens is 380 g/mol. The van der Waals surface area contributed by atoms with E-state index in [9.17, 15) is 4.79 Å². The molecule has 0 unspecified atom stereocenters. The first-order valence-corrected chi connectivity index (χ1v) is 13.5. The molecule has 2 nitrogen and oxygen atoms in total. The number of carbonyl (C=O) groups excluding carboxylic acids is 1. The van der Waals surface area contributed by atoms with Crippen LogP contribution in [0.2, 0.25) is 0 Å². The van der Waals surface area contributed by atoms with Crippen LogP contribution in [0.1, 0.15) is 112 Å². The molecule has 0 aromatic rings. The van der Waals surface area contributed by atoms with E-state index < -0.39 is 0 Å². The van der Waals surface area contributed by atoms with E-state index in [1.807, 2.05) is 0 Å². The lowest BCUT2D eigenvalue weighted by Crippen LogP contribution is -2.54. The number of hydrogen-bond acceptors (Lipinski definition) is 2. The van der Waals surface area contributed by atoms with Gasteiger partial charge in [-0.1, -0.05) is 32.4 Å². The van der Waals surface area contributed by atoms with Crippen molar-refractivity contribution in [1.29, 1.82) is 0 Å². The minimum absolute atomic E-state index is 0.0913. The molecule has 4 aliphatic carbocycles. The molecule has 0 N–H and O–H groups in total. The van der Waals surface area contributed by atoms with Gasteiger partial charge >= 0.3 is 5.97 Å². The van der Waals surface area contributed by atoms with E-state index in [1.165, 1.54) is 63.4 Å². The summed E-state index contributed by atoms with van der Waals surface area (Å²) in [6, 6.07) is 0. The third-order valence-electron chi connectivity index (χ3n) is 10.9. The van der Waals surface area contributed by atoms with Crippen LogP contribution in [-0.2, 0) is 9.53 Å². The summed E-state index contributed by atoms with van der Waals surface area (Å²) in [6.45, 7) is 13.9. The zero-order chi connectivity index (χ0) is 22.4. The smallest absolute Gasteiger partial charge is 0.302 e. The Morgan fingerprint density at radius 1 is 0.968 bits per heavy atom. The van der Waals surface area contributed by atoms with Gasteiger partial charge in [0, 0.05) is 6.92 Å². The lowest BCUT2D eigenvalue weighted by Gasteiger charge is -2.61. The maximum Gasteiger partial charge on any atom is 0.302 e. The van der Waals surface area contributed by atoms with E-state index in [-0.39, 0.29) is 12.1 Å². The molecule has 4 fully saturated rings. The minimum Gasteiger partial charge on any atom is -0.463 e. The van der Waals surface area contributed by atoms with Gasteiger partial charge in [0.15, 0.2) is 0 Å². The molecule has 0 amide bonds. The van der Waals surface area contributed by atoms with Gasteiger partial charge in [-0.2, -0.15) is 0 Å². The summed E-state index contributed by atoms with van der Waals surface area (Å²) in [5.74, 6) is 5.25. The number of allylic oxidation sites excluding steroid dienone is 2. The molecule has 31 heavy (non-hydrogen) atoms. The second-order valence-corrected chi connectivity index (χ2v) is 12.7. The number of esters is 1. The van der Waals surface area contributed by atoms with E-state index in [0.29, 0.717) is 10.8 Å². The van der Waals surface area contributed by atoms with Gasteiger partial charge in [0.2, 0.25) is 0 Å². The van der Waals surface area contributed by atoms with Crippen LogP contribution in [0, 0.1) is 46.3 Å². The number of fused-ring (bicyclic) bond motifs is 5. The Hall–Kier alpha value is -0.790. The highest BCUT2D eigenvalue weighted by atomic mass is 16.5. The van der Waals surface area contributed by atoms with Crippen molar-refractivity contribution in [3.05, 3.63) is 11.6 Å². The van der Waals surface area contributed by atoms with Gasteiger partial charge in [-0.15, -0.1) is 0 Å². The Balaban J connectivity index is 1.45. The van der Waals surface area contributed by atoms with Crippen molar-refractivity contribution in [2.24, 2.45) is 46.3 Å². The van der Waals surface area contributed by atoms with E-state index in [4.69, 9.17) is 4.74 Å². The maximum atomic E-state index is 11.5. The first-order chi connectivity index (χ1) is 14.6. The highest BCUT2D eigenvalue weighted by Gasteiger charge is 2.60. The van der Waals surface area contributed by atoms with Gasteiger partial charge in [-0.3, -0.25) is 4.79 Å². The highest BCUT2D eigenvalue weighted by Crippen LogP contribution is 2.68. The van der Waals surface area contributed by atoms with Gasteiger partial charge in [-0.05, 0) is 131 Å². The number of ether oxygens (including phenoxy) is 1. The van der Waals surface area contributed by atoms with Crippen LogP contribution >= 0.6 is 0 Å². The third-order valence-corrected chi connectivity index (χ3v) is 10.9. The monoisotopic (exact) mass is 428 g/mol. The lowest BCUT2D eigenvalue weighted by atomic mass is 9.44. The average molecular weight is 429 g/mol. The molecule has 176 valence electrons. The highest BCUT2D eigenvalue weighted by molar-refractivity contribution is 5.66. The fraction of sp³-hybridized carbons (Fsp3) is 0.897. The molecule has 0 spiro atoms. The minimum atomic E-state index is -0.0913. The zero-order valence-electron chi connectivity index (χ0n) is 21.2. The molecule has 0 bridgehead atoms. The summed E-state index contributed by atoms with van der Waals surface area (Å²) >= 11 is 0. The molecule has 0 aromatic carbocycles. The molecule has 9 atom stereocenters. The van der Waals surface area contributed by atoms with E-state index in [0.717, 1.165) is 48.3 Å². The number of carbonyl (C=O) groups is 1. The first kappa shape index (κ1) is 23.4. The zero-order valence-corrected chi connectivity index (χ0v) is 21.2. The van der Waals surface area contributed by atoms with Crippen LogP contribution in [0.25, 0.3) is 0 Å². The number of rotatable bonds is 5. The normalized spacial score (nSPS) is 45.1. The van der Waals surface area contributed by atoms with Crippen molar-refractivity contribution in [2.45, 2.75) is 118 Å².